The standard InChI is InChI=1S/C10H23NO6/c1-10(6-14,7-15)11(2-8(16)4-12)3-9(17)5-13/h8-9,12-17H,2-7H2,1H3. The molecule has 104 valence electrons. The molecular weight excluding hydrogens is 230 g/mol. The minimum Gasteiger partial charge on any atom is -0.394 e. The Balaban J connectivity index is 4.70. The molecule has 0 spiro atoms. The molecule has 0 aromatic rings. The molecule has 0 bridgehead atoms. The van der Waals surface area contributed by atoms with Crippen molar-refractivity contribution in [3.05, 3.63) is 0 Å². The van der Waals surface area contributed by atoms with Gasteiger partial charge in [-0.1, -0.05) is 0 Å². The van der Waals surface area contributed by atoms with Gasteiger partial charge in [0.2, 0.25) is 0 Å². The summed E-state index contributed by atoms with van der Waals surface area (Å²) in [6.07, 6.45) is -2.09. The Hall–Kier alpha value is -0.280. The maximum Gasteiger partial charge on any atom is 0.0897 e. The lowest BCUT2D eigenvalue weighted by Crippen LogP contribution is -2.57. The number of aliphatic hydroxyl groups is 6. The molecule has 2 unspecified atom stereocenters. The number of hydrogen-bond donors (Lipinski definition) is 6. The summed E-state index contributed by atoms with van der Waals surface area (Å²) in [5.41, 5.74) is -1.04. The highest BCUT2D eigenvalue weighted by atomic mass is 16.3. The molecular formula is C10H23NO6. The normalized spacial score (nSPS) is 16.2. The first-order chi connectivity index (χ1) is 7.93. The second-order valence-corrected chi connectivity index (χ2v) is 4.39. The molecule has 0 aliphatic carbocycles. The van der Waals surface area contributed by atoms with Crippen LogP contribution >= 0.6 is 0 Å². The van der Waals surface area contributed by atoms with Gasteiger partial charge in [0.1, 0.15) is 0 Å². The highest BCUT2D eigenvalue weighted by Gasteiger charge is 2.33. The van der Waals surface area contributed by atoms with E-state index in [1.807, 2.05) is 0 Å². The lowest BCUT2D eigenvalue weighted by Gasteiger charge is -2.40. The first kappa shape index (κ1) is 16.7. The van der Waals surface area contributed by atoms with E-state index < -0.39 is 31.0 Å². The van der Waals surface area contributed by atoms with Crippen LogP contribution in [-0.2, 0) is 0 Å². The third-order valence-electron chi connectivity index (χ3n) is 2.73. The van der Waals surface area contributed by atoms with E-state index in [4.69, 9.17) is 10.2 Å². The second-order valence-electron chi connectivity index (χ2n) is 4.39. The largest absolute Gasteiger partial charge is 0.394 e. The minimum absolute atomic E-state index is 0.0226. The van der Waals surface area contributed by atoms with Crippen LogP contribution in [0.15, 0.2) is 0 Å². The molecule has 7 heteroatoms. The van der Waals surface area contributed by atoms with E-state index in [0.717, 1.165) is 0 Å². The number of aliphatic hydroxyl groups excluding tert-OH is 6. The smallest absolute Gasteiger partial charge is 0.0897 e. The fraction of sp³-hybridized carbons (Fsp3) is 1.00. The maximum atomic E-state index is 9.37. The van der Waals surface area contributed by atoms with Crippen molar-refractivity contribution in [3.63, 3.8) is 0 Å². The Morgan fingerprint density at radius 2 is 1.24 bits per heavy atom. The van der Waals surface area contributed by atoms with E-state index >= 15 is 0 Å². The van der Waals surface area contributed by atoms with Gasteiger partial charge in [-0.25, -0.2) is 0 Å². The zero-order chi connectivity index (χ0) is 13.5. The minimum atomic E-state index is -1.04. The SMILES string of the molecule is CC(CO)(CO)N(CC(O)CO)CC(O)CO. The molecule has 0 aromatic heterocycles. The van der Waals surface area contributed by atoms with Crippen LogP contribution in [0.2, 0.25) is 0 Å². The van der Waals surface area contributed by atoms with Gasteiger partial charge in [-0.3, -0.25) is 4.90 Å². The number of rotatable bonds is 9. The van der Waals surface area contributed by atoms with Crippen LogP contribution < -0.4 is 0 Å². The van der Waals surface area contributed by atoms with Crippen molar-refractivity contribution in [3.8, 4) is 0 Å². The van der Waals surface area contributed by atoms with E-state index in [1.165, 1.54) is 4.90 Å². The highest BCUT2D eigenvalue weighted by molar-refractivity contribution is 4.87. The van der Waals surface area contributed by atoms with E-state index in [1.54, 1.807) is 6.92 Å². The summed E-state index contributed by atoms with van der Waals surface area (Å²) in [4.78, 5) is 1.44. The zero-order valence-electron chi connectivity index (χ0n) is 10.0. The maximum absolute atomic E-state index is 9.37. The summed E-state index contributed by atoms with van der Waals surface area (Å²) < 4.78 is 0. The summed E-state index contributed by atoms with van der Waals surface area (Å²) in [5.74, 6) is 0. The van der Waals surface area contributed by atoms with Gasteiger partial charge in [0.05, 0.1) is 44.2 Å². The summed E-state index contributed by atoms with van der Waals surface area (Å²) in [5, 5.41) is 54.8. The Morgan fingerprint density at radius 3 is 1.47 bits per heavy atom. The van der Waals surface area contributed by atoms with Crippen LogP contribution in [0.1, 0.15) is 6.92 Å². The summed E-state index contributed by atoms with van der Waals surface area (Å²) in [7, 11) is 0. The quantitative estimate of drug-likeness (QED) is 0.255. The average Bonchev–Trinajstić information content (AvgIpc) is 2.36. The molecule has 0 radical (unpaired) electrons. The molecule has 7 nitrogen and oxygen atoms in total. The van der Waals surface area contributed by atoms with Gasteiger partial charge < -0.3 is 30.6 Å². The van der Waals surface area contributed by atoms with E-state index in [-0.39, 0.29) is 26.3 Å². The van der Waals surface area contributed by atoms with Crippen molar-refractivity contribution in [1.29, 1.82) is 0 Å². The zero-order valence-corrected chi connectivity index (χ0v) is 10.0. The molecule has 0 saturated carbocycles. The third kappa shape index (κ3) is 5.26. The molecule has 0 saturated heterocycles. The van der Waals surface area contributed by atoms with Gasteiger partial charge in [0.25, 0.3) is 0 Å². The van der Waals surface area contributed by atoms with Gasteiger partial charge in [-0.15, -0.1) is 0 Å². The molecule has 0 rings (SSSR count). The molecule has 2 atom stereocenters. The van der Waals surface area contributed by atoms with Gasteiger partial charge in [0, 0.05) is 13.1 Å². The van der Waals surface area contributed by atoms with Gasteiger partial charge in [-0.2, -0.15) is 0 Å². The van der Waals surface area contributed by atoms with Crippen molar-refractivity contribution in [2.24, 2.45) is 0 Å². The lowest BCUT2D eigenvalue weighted by atomic mass is 10.0. The first-order valence-electron chi connectivity index (χ1n) is 5.48. The van der Waals surface area contributed by atoms with Gasteiger partial charge >= 0.3 is 0 Å². The van der Waals surface area contributed by atoms with Crippen LogP contribution in [0.25, 0.3) is 0 Å². The fourth-order valence-electron chi connectivity index (χ4n) is 1.39. The third-order valence-corrected chi connectivity index (χ3v) is 2.73. The van der Waals surface area contributed by atoms with Crippen LogP contribution in [0.5, 0.6) is 0 Å². The predicted molar refractivity (Wildman–Crippen MR) is 60.3 cm³/mol. The molecule has 0 aliphatic heterocycles. The highest BCUT2D eigenvalue weighted by Crippen LogP contribution is 2.15. The summed E-state index contributed by atoms with van der Waals surface area (Å²) in [6, 6.07) is 0. The molecule has 0 amide bonds. The molecule has 0 heterocycles. The van der Waals surface area contributed by atoms with Crippen LogP contribution in [-0.4, -0.2) is 92.8 Å². The fourth-order valence-corrected chi connectivity index (χ4v) is 1.39. The topological polar surface area (TPSA) is 125 Å². The summed E-state index contributed by atoms with van der Waals surface area (Å²) in [6.45, 7) is -0.158. The molecule has 0 fully saturated rings. The van der Waals surface area contributed by atoms with Crippen LogP contribution in [0.4, 0.5) is 0 Å². The van der Waals surface area contributed by atoms with E-state index in [2.05, 4.69) is 0 Å². The van der Waals surface area contributed by atoms with Crippen molar-refractivity contribution in [2.75, 3.05) is 39.5 Å². The average molecular weight is 253 g/mol. The van der Waals surface area contributed by atoms with Crippen molar-refractivity contribution in [1.82, 2.24) is 4.90 Å². The Morgan fingerprint density at radius 1 is 0.882 bits per heavy atom. The van der Waals surface area contributed by atoms with Crippen LogP contribution in [0.3, 0.4) is 0 Å². The molecule has 17 heavy (non-hydrogen) atoms. The number of β-amino-alcohol motifs (C(OH)–C–C–N with tert-alkyl or cyclic N) is 2. The lowest BCUT2D eigenvalue weighted by molar-refractivity contribution is -0.0576. The molecule has 0 aliphatic rings. The molecule has 6 N–H and O–H groups in total. The van der Waals surface area contributed by atoms with E-state index in [0.29, 0.717) is 0 Å². The first-order valence-corrected chi connectivity index (χ1v) is 5.48. The second kappa shape index (κ2) is 7.93. The van der Waals surface area contributed by atoms with Crippen molar-refractivity contribution < 1.29 is 30.6 Å². The Labute approximate surface area is 101 Å². The van der Waals surface area contributed by atoms with Gasteiger partial charge in [-0.05, 0) is 6.92 Å². The van der Waals surface area contributed by atoms with Gasteiger partial charge in [0.15, 0.2) is 0 Å². The summed E-state index contributed by atoms with van der Waals surface area (Å²) >= 11 is 0. The monoisotopic (exact) mass is 253 g/mol. The van der Waals surface area contributed by atoms with E-state index in [9.17, 15) is 20.4 Å². The predicted octanol–water partition coefficient (Wildman–Crippen LogP) is -3.26. The Kier molecular flexibility index (Phi) is 7.80. The van der Waals surface area contributed by atoms with Crippen molar-refractivity contribution in [2.45, 2.75) is 24.7 Å². The van der Waals surface area contributed by atoms with Crippen LogP contribution in [0, 0.1) is 0 Å². The number of hydrogen-bond acceptors (Lipinski definition) is 7. The molecule has 0 aromatic carbocycles. The number of nitrogens with zero attached hydrogens (tertiary/aromatic N) is 1. The van der Waals surface area contributed by atoms with Crippen molar-refractivity contribution >= 4 is 0 Å². The Bertz CT molecular complexity index is 187.